The minimum Gasteiger partial charge on any atom is -0.263 e. The number of carbonyl (C=O) groups is 1. The molecule has 5 heteroatoms. The van der Waals surface area contributed by atoms with Gasteiger partial charge in [-0.2, -0.15) is 0 Å². The quantitative estimate of drug-likeness (QED) is 0.627. The maximum absolute atomic E-state index is 10.6. The van der Waals surface area contributed by atoms with Crippen LogP contribution in [0.15, 0.2) is 34.6 Å². The molecule has 1 aromatic carbocycles. The summed E-state index contributed by atoms with van der Waals surface area (Å²) in [6.45, 7) is 0. The van der Waals surface area contributed by atoms with Crippen LogP contribution in [0.3, 0.4) is 0 Å². The average Bonchev–Trinajstić information content (AvgIpc) is 2.17. The summed E-state index contributed by atoms with van der Waals surface area (Å²) in [7, 11) is 0. The molecule has 1 amide bonds. The van der Waals surface area contributed by atoms with Gasteiger partial charge in [0.05, 0.1) is 0 Å². The first-order chi connectivity index (χ1) is 5.77. The van der Waals surface area contributed by atoms with E-state index < -0.39 is 5.91 Å². The number of amides is 1. The van der Waals surface area contributed by atoms with Crippen LogP contribution in [0.4, 0.5) is 5.69 Å². The van der Waals surface area contributed by atoms with Gasteiger partial charge in [-0.3, -0.25) is 4.79 Å². The molecule has 0 aliphatic rings. The van der Waals surface area contributed by atoms with Crippen LogP contribution in [0.2, 0.25) is 0 Å². The van der Waals surface area contributed by atoms with Gasteiger partial charge in [0.25, 0.3) is 0 Å². The van der Waals surface area contributed by atoms with Crippen LogP contribution in [0.5, 0.6) is 0 Å². The summed E-state index contributed by atoms with van der Waals surface area (Å²) in [5.74, 6) is -0.854. The van der Waals surface area contributed by atoms with E-state index in [1.165, 1.54) is 24.3 Å². The van der Waals surface area contributed by atoms with Crippen molar-refractivity contribution in [2.45, 2.75) is 0 Å². The Hall–Kier alpha value is -1.91. The first kappa shape index (κ1) is 8.19. The van der Waals surface area contributed by atoms with Crippen molar-refractivity contribution < 1.29 is 4.79 Å². The first-order valence-electron chi connectivity index (χ1n) is 3.09. The second kappa shape index (κ2) is 3.47. The summed E-state index contributed by atoms with van der Waals surface area (Å²) < 4.78 is 0. The topological polar surface area (TPSA) is 75.9 Å². The lowest BCUT2D eigenvalue weighted by molar-refractivity contribution is 0.100. The molecule has 0 radical (unpaired) electrons. The Bertz CT molecular complexity index is 318. The highest BCUT2D eigenvalue weighted by atomic mass is 16.3. The van der Waals surface area contributed by atoms with E-state index in [1.54, 1.807) is 0 Å². The number of benzene rings is 1. The number of rotatable bonds is 2. The summed E-state index contributed by atoms with van der Waals surface area (Å²) in [6, 6.07) is 5.32. The molecule has 0 spiro atoms. The first-order valence-corrected chi connectivity index (χ1v) is 3.09. The number of nitrogens with zero attached hydrogens (tertiary/aromatic N) is 2. The molecule has 60 valence electrons. The molecule has 0 N–H and O–H groups in total. The zero-order chi connectivity index (χ0) is 8.97. The minimum absolute atomic E-state index is 0.150. The fourth-order valence-corrected chi connectivity index (χ4v) is 0.718. The Morgan fingerprint density at radius 1 is 1.08 bits per heavy atom. The van der Waals surface area contributed by atoms with E-state index >= 15 is 0 Å². The normalized spacial score (nSPS) is 9.00. The second-order valence-electron chi connectivity index (χ2n) is 2.03. The summed E-state index contributed by atoms with van der Waals surface area (Å²) in [5.41, 5.74) is 0.356. The van der Waals surface area contributed by atoms with Crippen LogP contribution >= 0.6 is 0 Å². The molecule has 0 saturated carbocycles. The summed E-state index contributed by atoms with van der Waals surface area (Å²) in [4.78, 5) is 30.3. The molecule has 0 fully saturated rings. The third-order valence-electron chi connectivity index (χ3n) is 1.30. The van der Waals surface area contributed by atoms with Gasteiger partial charge < -0.3 is 0 Å². The highest BCUT2D eigenvalue weighted by Crippen LogP contribution is 2.12. The molecular formula is C7H4N2O3. The van der Waals surface area contributed by atoms with Gasteiger partial charge in [-0.25, -0.2) is 0 Å². The second-order valence-corrected chi connectivity index (χ2v) is 2.03. The molecule has 0 saturated heterocycles. The van der Waals surface area contributed by atoms with E-state index in [-0.39, 0.29) is 11.3 Å². The molecule has 0 aromatic heterocycles. The molecule has 0 bridgehead atoms. The maximum atomic E-state index is 10.6. The Morgan fingerprint density at radius 2 is 1.67 bits per heavy atom. The van der Waals surface area contributed by atoms with E-state index in [0.717, 1.165) is 0 Å². The van der Waals surface area contributed by atoms with E-state index in [4.69, 9.17) is 0 Å². The standard InChI is InChI=1S/C7H4N2O3/c10-7(9-12)5-1-3-6(8-11)4-2-5/h1-4H. The molecule has 12 heavy (non-hydrogen) atoms. The third-order valence-corrected chi connectivity index (χ3v) is 1.30. The van der Waals surface area contributed by atoms with Gasteiger partial charge in [-0.1, -0.05) is 0 Å². The number of hydrogen-bond donors (Lipinski definition) is 0. The fourth-order valence-electron chi connectivity index (χ4n) is 0.718. The zero-order valence-corrected chi connectivity index (χ0v) is 5.93. The Kier molecular flexibility index (Phi) is 2.37. The van der Waals surface area contributed by atoms with Crippen molar-refractivity contribution in [3.63, 3.8) is 0 Å². The van der Waals surface area contributed by atoms with Crippen LogP contribution in [0.1, 0.15) is 10.4 Å². The maximum Gasteiger partial charge on any atom is 0.316 e. The molecule has 0 aliphatic heterocycles. The van der Waals surface area contributed by atoms with Gasteiger partial charge in [0.15, 0.2) is 0 Å². The molecule has 0 atom stereocenters. The van der Waals surface area contributed by atoms with Crippen molar-refractivity contribution in [1.82, 2.24) is 0 Å². The Balaban J connectivity index is 2.99. The third kappa shape index (κ3) is 1.57. The molecule has 0 heterocycles. The molecule has 5 nitrogen and oxygen atoms in total. The molecule has 0 aliphatic carbocycles. The van der Waals surface area contributed by atoms with Gasteiger partial charge in [0.2, 0.25) is 0 Å². The van der Waals surface area contributed by atoms with Crippen LogP contribution in [-0.2, 0) is 0 Å². The zero-order valence-electron chi connectivity index (χ0n) is 5.93. The van der Waals surface area contributed by atoms with Crippen LogP contribution in [0.25, 0.3) is 0 Å². The monoisotopic (exact) mass is 164 g/mol. The lowest BCUT2D eigenvalue weighted by atomic mass is 10.2. The lowest BCUT2D eigenvalue weighted by Gasteiger charge is -1.90. The molecular weight excluding hydrogens is 160 g/mol. The predicted octanol–water partition coefficient (Wildman–Crippen LogP) is 1.99. The van der Waals surface area contributed by atoms with Crippen LogP contribution < -0.4 is 0 Å². The van der Waals surface area contributed by atoms with E-state index in [9.17, 15) is 14.6 Å². The molecule has 0 unspecified atom stereocenters. The Labute approximate surface area is 67.3 Å². The smallest absolute Gasteiger partial charge is 0.263 e. The predicted molar refractivity (Wildman–Crippen MR) is 42.0 cm³/mol. The molecule has 1 rings (SSSR count). The van der Waals surface area contributed by atoms with Gasteiger partial charge in [0, 0.05) is 10.7 Å². The van der Waals surface area contributed by atoms with Gasteiger partial charge in [-0.05, 0) is 29.4 Å². The van der Waals surface area contributed by atoms with E-state index in [2.05, 4.69) is 10.4 Å². The molecule has 1 aromatic rings. The van der Waals surface area contributed by atoms with E-state index in [0.29, 0.717) is 0 Å². The van der Waals surface area contributed by atoms with Crippen molar-refractivity contribution in [3.05, 3.63) is 39.6 Å². The van der Waals surface area contributed by atoms with Crippen molar-refractivity contribution in [1.29, 1.82) is 0 Å². The van der Waals surface area contributed by atoms with Crippen molar-refractivity contribution >= 4 is 11.6 Å². The van der Waals surface area contributed by atoms with Gasteiger partial charge in [0.1, 0.15) is 5.69 Å². The summed E-state index contributed by atoms with van der Waals surface area (Å²) in [6.07, 6.45) is 0. The van der Waals surface area contributed by atoms with Crippen LogP contribution in [-0.4, -0.2) is 5.91 Å². The van der Waals surface area contributed by atoms with Crippen molar-refractivity contribution in [2.24, 2.45) is 10.4 Å². The minimum atomic E-state index is -0.854. The van der Waals surface area contributed by atoms with E-state index in [1.807, 2.05) is 0 Å². The highest BCUT2D eigenvalue weighted by molar-refractivity contribution is 5.94. The van der Waals surface area contributed by atoms with Gasteiger partial charge in [-0.15, -0.1) is 9.81 Å². The highest BCUT2D eigenvalue weighted by Gasteiger charge is 2.03. The summed E-state index contributed by atoms with van der Waals surface area (Å²) >= 11 is 0. The Morgan fingerprint density at radius 3 is 2.08 bits per heavy atom. The number of hydrogen-bond acceptors (Lipinski definition) is 4. The average molecular weight is 164 g/mol. The van der Waals surface area contributed by atoms with Crippen molar-refractivity contribution in [3.8, 4) is 0 Å². The SMILES string of the molecule is O=NC(=O)c1ccc(N=O)cc1. The van der Waals surface area contributed by atoms with Crippen LogP contribution in [0, 0.1) is 9.81 Å². The number of carbonyl (C=O) groups excluding carboxylic acids is 1. The lowest BCUT2D eigenvalue weighted by Crippen LogP contribution is -1.91. The fraction of sp³-hybridized carbons (Fsp3) is 0. The van der Waals surface area contributed by atoms with Gasteiger partial charge >= 0.3 is 5.91 Å². The summed E-state index contributed by atoms with van der Waals surface area (Å²) in [5, 5.41) is 4.84. The number of nitroso groups, excluding NO2 is 2. The largest absolute Gasteiger partial charge is 0.316 e. The van der Waals surface area contributed by atoms with Crippen molar-refractivity contribution in [2.75, 3.05) is 0 Å².